The lowest BCUT2D eigenvalue weighted by Gasteiger charge is -2.22. The van der Waals surface area contributed by atoms with Crippen molar-refractivity contribution in [1.82, 2.24) is 0 Å². The van der Waals surface area contributed by atoms with Crippen molar-refractivity contribution >= 4 is 11.8 Å². The van der Waals surface area contributed by atoms with Crippen molar-refractivity contribution in [2.75, 3.05) is 5.75 Å². The van der Waals surface area contributed by atoms with Crippen LogP contribution in [-0.2, 0) is 0 Å². The van der Waals surface area contributed by atoms with Crippen molar-refractivity contribution in [3.8, 4) is 0 Å². The first kappa shape index (κ1) is 11.4. The summed E-state index contributed by atoms with van der Waals surface area (Å²) >= 11 is 1.90. The van der Waals surface area contributed by atoms with Gasteiger partial charge >= 0.3 is 0 Å². The highest BCUT2D eigenvalue weighted by Gasteiger charge is 2.14. The lowest BCUT2D eigenvalue weighted by Crippen LogP contribution is -2.18. The molecule has 1 aliphatic carbocycles. The van der Waals surface area contributed by atoms with Crippen LogP contribution in [-0.4, -0.2) is 11.1 Å². The summed E-state index contributed by atoms with van der Waals surface area (Å²) in [5, 5.41) is 0.395. The van der Waals surface area contributed by atoms with E-state index < -0.39 is 0 Å². The van der Waals surface area contributed by atoms with Gasteiger partial charge in [-0.3, -0.25) is 0 Å². The summed E-state index contributed by atoms with van der Waals surface area (Å²) in [7, 11) is 0. The van der Waals surface area contributed by atoms with Crippen molar-refractivity contribution in [3.63, 3.8) is 0 Å². The highest BCUT2D eigenvalue weighted by molar-refractivity contribution is 7.99. The molecule has 0 aromatic heterocycles. The molecule has 0 spiro atoms. The SMILES string of the molecule is CCSC(N)CCC1CCCCC1. The van der Waals surface area contributed by atoms with Gasteiger partial charge in [-0.2, -0.15) is 0 Å². The lowest BCUT2D eigenvalue weighted by molar-refractivity contribution is 0.332. The molecule has 0 aromatic carbocycles. The van der Waals surface area contributed by atoms with Crippen LogP contribution in [0.15, 0.2) is 0 Å². The molecular weight excluding hydrogens is 178 g/mol. The van der Waals surface area contributed by atoms with E-state index in [2.05, 4.69) is 6.92 Å². The molecule has 0 aromatic rings. The Morgan fingerprint density at radius 2 is 2.00 bits per heavy atom. The minimum absolute atomic E-state index is 0.395. The Labute approximate surface area is 86.8 Å². The summed E-state index contributed by atoms with van der Waals surface area (Å²) in [6, 6.07) is 0. The number of thioether (sulfide) groups is 1. The zero-order valence-corrected chi connectivity index (χ0v) is 9.61. The van der Waals surface area contributed by atoms with Gasteiger partial charge in [0.2, 0.25) is 0 Å². The molecule has 1 unspecified atom stereocenters. The third-order valence-electron chi connectivity index (χ3n) is 2.96. The molecule has 2 heteroatoms. The van der Waals surface area contributed by atoms with E-state index >= 15 is 0 Å². The van der Waals surface area contributed by atoms with Crippen molar-refractivity contribution < 1.29 is 0 Å². The standard InChI is InChI=1S/C11H23NS/c1-2-13-11(12)9-8-10-6-4-3-5-7-10/h10-11H,2-9,12H2,1H3. The van der Waals surface area contributed by atoms with E-state index in [1.807, 2.05) is 11.8 Å². The van der Waals surface area contributed by atoms with Crippen LogP contribution in [0, 0.1) is 5.92 Å². The van der Waals surface area contributed by atoms with Gasteiger partial charge in [-0.15, -0.1) is 11.8 Å². The van der Waals surface area contributed by atoms with Crippen molar-refractivity contribution in [1.29, 1.82) is 0 Å². The molecule has 1 fully saturated rings. The van der Waals surface area contributed by atoms with Crippen LogP contribution < -0.4 is 5.73 Å². The predicted octanol–water partition coefficient (Wildman–Crippen LogP) is 3.38. The summed E-state index contributed by atoms with van der Waals surface area (Å²) in [4.78, 5) is 0. The van der Waals surface area contributed by atoms with E-state index in [0.29, 0.717) is 5.37 Å². The number of hydrogen-bond donors (Lipinski definition) is 1. The predicted molar refractivity (Wildman–Crippen MR) is 61.9 cm³/mol. The zero-order chi connectivity index (χ0) is 9.52. The molecule has 13 heavy (non-hydrogen) atoms. The van der Waals surface area contributed by atoms with E-state index in [1.54, 1.807) is 0 Å². The molecule has 1 nitrogen and oxygen atoms in total. The van der Waals surface area contributed by atoms with Crippen LogP contribution in [0.5, 0.6) is 0 Å². The van der Waals surface area contributed by atoms with Crippen LogP contribution >= 0.6 is 11.8 Å². The summed E-state index contributed by atoms with van der Waals surface area (Å²) < 4.78 is 0. The Bertz CT molecular complexity index is 121. The van der Waals surface area contributed by atoms with E-state index in [-0.39, 0.29) is 0 Å². The minimum Gasteiger partial charge on any atom is -0.319 e. The third kappa shape index (κ3) is 4.92. The molecule has 0 aliphatic heterocycles. The second-order valence-electron chi connectivity index (χ2n) is 4.08. The fourth-order valence-electron chi connectivity index (χ4n) is 2.17. The topological polar surface area (TPSA) is 26.0 Å². The fraction of sp³-hybridized carbons (Fsp3) is 1.00. The average Bonchev–Trinajstić information content (AvgIpc) is 2.17. The van der Waals surface area contributed by atoms with Gasteiger partial charge in [-0.25, -0.2) is 0 Å². The van der Waals surface area contributed by atoms with Crippen LogP contribution in [0.4, 0.5) is 0 Å². The average molecular weight is 201 g/mol. The first-order chi connectivity index (χ1) is 6.33. The molecule has 1 rings (SSSR count). The normalized spacial score (nSPS) is 21.7. The van der Waals surface area contributed by atoms with E-state index in [0.717, 1.165) is 11.7 Å². The highest BCUT2D eigenvalue weighted by Crippen LogP contribution is 2.28. The first-order valence-corrected chi connectivity index (χ1v) is 6.75. The maximum absolute atomic E-state index is 5.96. The lowest BCUT2D eigenvalue weighted by atomic mass is 9.86. The second-order valence-corrected chi connectivity index (χ2v) is 5.59. The molecular formula is C11H23NS. The molecule has 0 bridgehead atoms. The summed E-state index contributed by atoms with van der Waals surface area (Å²) in [6.07, 6.45) is 9.90. The smallest absolute Gasteiger partial charge is 0.0507 e. The molecule has 0 saturated heterocycles. The third-order valence-corrected chi connectivity index (χ3v) is 3.96. The van der Waals surface area contributed by atoms with Gasteiger partial charge in [0.05, 0.1) is 5.37 Å². The van der Waals surface area contributed by atoms with Crippen molar-refractivity contribution in [2.24, 2.45) is 11.7 Å². The van der Waals surface area contributed by atoms with Gasteiger partial charge in [0, 0.05) is 0 Å². The molecule has 1 aliphatic rings. The number of rotatable bonds is 5. The van der Waals surface area contributed by atoms with Crippen LogP contribution in [0.3, 0.4) is 0 Å². The Balaban J connectivity index is 2.03. The number of hydrogen-bond acceptors (Lipinski definition) is 2. The van der Waals surface area contributed by atoms with Crippen LogP contribution in [0.25, 0.3) is 0 Å². The molecule has 1 saturated carbocycles. The molecule has 0 heterocycles. The van der Waals surface area contributed by atoms with E-state index in [9.17, 15) is 0 Å². The molecule has 0 radical (unpaired) electrons. The summed E-state index contributed by atoms with van der Waals surface area (Å²) in [6.45, 7) is 2.19. The summed E-state index contributed by atoms with van der Waals surface area (Å²) in [5.41, 5.74) is 5.96. The molecule has 0 amide bonds. The van der Waals surface area contributed by atoms with Gasteiger partial charge in [0.25, 0.3) is 0 Å². The Kier molecular flexibility index (Phi) is 5.88. The van der Waals surface area contributed by atoms with Gasteiger partial charge in [0.15, 0.2) is 0 Å². The molecule has 2 N–H and O–H groups in total. The molecule has 78 valence electrons. The highest BCUT2D eigenvalue weighted by atomic mass is 32.2. The van der Waals surface area contributed by atoms with Crippen LogP contribution in [0.1, 0.15) is 51.9 Å². The van der Waals surface area contributed by atoms with Gasteiger partial charge in [-0.1, -0.05) is 39.0 Å². The van der Waals surface area contributed by atoms with Crippen molar-refractivity contribution in [2.45, 2.75) is 57.2 Å². The Morgan fingerprint density at radius 1 is 1.31 bits per heavy atom. The second kappa shape index (κ2) is 6.72. The Hall–Kier alpha value is 0.310. The van der Waals surface area contributed by atoms with Crippen molar-refractivity contribution in [3.05, 3.63) is 0 Å². The summed E-state index contributed by atoms with van der Waals surface area (Å²) in [5.74, 6) is 2.16. The van der Waals surface area contributed by atoms with E-state index in [1.165, 1.54) is 44.9 Å². The minimum atomic E-state index is 0.395. The van der Waals surface area contributed by atoms with Crippen LogP contribution in [0.2, 0.25) is 0 Å². The monoisotopic (exact) mass is 201 g/mol. The van der Waals surface area contributed by atoms with Gasteiger partial charge < -0.3 is 5.73 Å². The Morgan fingerprint density at radius 3 is 2.62 bits per heavy atom. The largest absolute Gasteiger partial charge is 0.319 e. The van der Waals surface area contributed by atoms with Gasteiger partial charge in [-0.05, 0) is 24.5 Å². The maximum Gasteiger partial charge on any atom is 0.0507 e. The number of nitrogens with two attached hydrogens (primary N) is 1. The maximum atomic E-state index is 5.96. The molecule has 1 atom stereocenters. The quantitative estimate of drug-likeness (QED) is 0.690. The van der Waals surface area contributed by atoms with Gasteiger partial charge in [0.1, 0.15) is 0 Å². The zero-order valence-electron chi connectivity index (χ0n) is 8.80. The van der Waals surface area contributed by atoms with E-state index in [4.69, 9.17) is 5.73 Å². The fourth-order valence-corrected chi connectivity index (χ4v) is 2.90. The first-order valence-electron chi connectivity index (χ1n) is 5.70.